The van der Waals surface area contributed by atoms with Crippen molar-refractivity contribution in [3.63, 3.8) is 0 Å². The molecule has 234 valence electrons. The molecular formula is C31H43N5O7. The highest BCUT2D eigenvalue weighted by atomic mass is 16.6. The van der Waals surface area contributed by atoms with Gasteiger partial charge in [0, 0.05) is 56.9 Å². The van der Waals surface area contributed by atoms with Crippen LogP contribution in [-0.4, -0.2) is 101 Å². The lowest BCUT2D eigenvalue weighted by atomic mass is 10.1. The van der Waals surface area contributed by atoms with Crippen molar-refractivity contribution in [2.45, 2.75) is 65.5 Å². The molecule has 0 bridgehead atoms. The number of amides is 3. The molecule has 0 aliphatic carbocycles. The molecular weight excluding hydrogens is 554 g/mol. The normalized spacial score (nSPS) is 14.2. The van der Waals surface area contributed by atoms with Gasteiger partial charge in [-0.05, 0) is 47.1 Å². The molecule has 12 heteroatoms. The molecule has 2 heterocycles. The van der Waals surface area contributed by atoms with Crippen molar-refractivity contribution in [1.29, 1.82) is 0 Å². The molecule has 0 saturated carbocycles. The minimum atomic E-state index is -1.02. The summed E-state index contributed by atoms with van der Waals surface area (Å²) in [4.78, 5) is 64.2. The first-order chi connectivity index (χ1) is 20.5. The van der Waals surface area contributed by atoms with E-state index in [-0.39, 0.29) is 44.1 Å². The second-order valence-electron chi connectivity index (χ2n) is 11.0. The molecule has 12 nitrogen and oxygen atoms in total. The number of rotatable bonds is 12. The Balaban J connectivity index is 1.82. The van der Waals surface area contributed by atoms with Gasteiger partial charge in [-0.3, -0.25) is 14.4 Å². The fourth-order valence-corrected chi connectivity index (χ4v) is 4.47. The van der Waals surface area contributed by atoms with Crippen LogP contribution in [0.1, 0.15) is 63.6 Å². The quantitative estimate of drug-likeness (QED) is 0.288. The molecule has 0 radical (unpaired) electrons. The van der Waals surface area contributed by atoms with Crippen molar-refractivity contribution in [2.24, 2.45) is 0 Å². The maximum absolute atomic E-state index is 13.7. The molecule has 1 aliphatic heterocycles. The number of hydrogen-bond donors (Lipinski definition) is 1. The van der Waals surface area contributed by atoms with Crippen molar-refractivity contribution >= 4 is 23.9 Å². The van der Waals surface area contributed by atoms with E-state index in [0.717, 1.165) is 5.56 Å². The Bertz CT molecular complexity index is 1240. The second-order valence-corrected chi connectivity index (χ2v) is 11.0. The van der Waals surface area contributed by atoms with E-state index in [1.54, 1.807) is 38.7 Å². The molecule has 1 saturated heterocycles. The summed E-state index contributed by atoms with van der Waals surface area (Å²) in [6.07, 6.45) is 0.00530. The third kappa shape index (κ3) is 10.6. The summed E-state index contributed by atoms with van der Waals surface area (Å²) in [7, 11) is 0. The number of benzene rings is 1. The van der Waals surface area contributed by atoms with Crippen LogP contribution in [0.25, 0.3) is 11.4 Å². The van der Waals surface area contributed by atoms with E-state index in [9.17, 15) is 19.2 Å². The molecule has 2 aromatic rings. The van der Waals surface area contributed by atoms with Crippen LogP contribution in [0.5, 0.6) is 0 Å². The topological polar surface area (TPSA) is 140 Å². The van der Waals surface area contributed by atoms with Crippen LogP contribution in [0.15, 0.2) is 36.4 Å². The zero-order valence-corrected chi connectivity index (χ0v) is 25.8. The number of aromatic nitrogens is 2. The molecule has 3 rings (SSSR count). The fourth-order valence-electron chi connectivity index (χ4n) is 4.47. The zero-order chi connectivity index (χ0) is 31.4. The van der Waals surface area contributed by atoms with Gasteiger partial charge in [0.25, 0.3) is 5.91 Å². The number of ether oxygens (including phenoxy) is 3. The molecule has 0 spiro atoms. The van der Waals surface area contributed by atoms with Gasteiger partial charge in [0.15, 0.2) is 5.82 Å². The summed E-state index contributed by atoms with van der Waals surface area (Å²) in [5, 5.41) is 2.81. The number of carbonyl (C=O) groups excluding carboxylic acids is 4. The Morgan fingerprint density at radius 3 is 2.26 bits per heavy atom. The van der Waals surface area contributed by atoms with Crippen molar-refractivity contribution < 1.29 is 33.4 Å². The van der Waals surface area contributed by atoms with E-state index in [2.05, 4.69) is 15.3 Å². The van der Waals surface area contributed by atoms with Crippen LogP contribution in [0.2, 0.25) is 0 Å². The monoisotopic (exact) mass is 597 g/mol. The summed E-state index contributed by atoms with van der Waals surface area (Å²) in [6, 6.07) is 9.88. The highest BCUT2D eigenvalue weighted by Gasteiger charge is 2.32. The Morgan fingerprint density at radius 2 is 1.63 bits per heavy atom. The maximum atomic E-state index is 13.7. The number of piperazine rings is 1. The average Bonchev–Trinajstić information content (AvgIpc) is 2.98. The van der Waals surface area contributed by atoms with Gasteiger partial charge in [-0.1, -0.05) is 30.3 Å². The van der Waals surface area contributed by atoms with E-state index in [1.807, 2.05) is 37.3 Å². The number of nitrogens with zero attached hydrogens (tertiary/aromatic N) is 4. The molecule has 1 fully saturated rings. The van der Waals surface area contributed by atoms with E-state index < -0.39 is 29.6 Å². The molecule has 1 aromatic heterocycles. The minimum absolute atomic E-state index is 0.0331. The van der Waals surface area contributed by atoms with Gasteiger partial charge in [-0.2, -0.15) is 0 Å². The van der Waals surface area contributed by atoms with Gasteiger partial charge < -0.3 is 29.3 Å². The number of hydrogen-bond acceptors (Lipinski definition) is 9. The smallest absolute Gasteiger partial charge is 0.409 e. The van der Waals surface area contributed by atoms with Crippen molar-refractivity contribution in [3.8, 4) is 11.4 Å². The first-order valence-electron chi connectivity index (χ1n) is 14.7. The predicted molar refractivity (Wildman–Crippen MR) is 159 cm³/mol. The standard InChI is InChI=1S/C31H43N5O7/c1-6-41-20-15-23-21-25(33-27(32-23)22-11-9-8-10-12-22)28(38)34-24(13-14-26(37)43-31(3,4)5)29(39)35-16-18-36(19-17-35)30(40)42-7-2/h8-12,21,24H,6-7,13-20H2,1-5H3,(H,34,38)/t24-/m0/s1. The first-order valence-corrected chi connectivity index (χ1v) is 14.7. The van der Waals surface area contributed by atoms with E-state index in [0.29, 0.717) is 44.2 Å². The first kappa shape index (κ1) is 33.4. The van der Waals surface area contributed by atoms with Crippen molar-refractivity contribution in [3.05, 3.63) is 47.8 Å². The second kappa shape index (κ2) is 16.0. The van der Waals surface area contributed by atoms with Crippen LogP contribution in [0.3, 0.4) is 0 Å². The van der Waals surface area contributed by atoms with Crippen molar-refractivity contribution in [2.75, 3.05) is 46.0 Å². The molecule has 1 N–H and O–H groups in total. The number of nitrogens with one attached hydrogen (secondary N) is 1. The minimum Gasteiger partial charge on any atom is -0.460 e. The van der Waals surface area contributed by atoms with Crippen LogP contribution >= 0.6 is 0 Å². The lowest BCUT2D eigenvalue weighted by Gasteiger charge is -2.36. The Kier molecular flexibility index (Phi) is 12.4. The average molecular weight is 598 g/mol. The third-order valence-corrected chi connectivity index (χ3v) is 6.53. The largest absolute Gasteiger partial charge is 0.460 e. The van der Waals surface area contributed by atoms with Crippen LogP contribution < -0.4 is 5.32 Å². The van der Waals surface area contributed by atoms with Crippen LogP contribution in [0, 0.1) is 0 Å². The number of esters is 1. The van der Waals surface area contributed by atoms with Crippen LogP contribution in [-0.2, 0) is 30.2 Å². The molecule has 3 amide bonds. The maximum Gasteiger partial charge on any atom is 0.409 e. The zero-order valence-electron chi connectivity index (χ0n) is 25.8. The van der Waals surface area contributed by atoms with E-state index in [4.69, 9.17) is 14.2 Å². The molecule has 0 unspecified atom stereocenters. The summed E-state index contributed by atoms with van der Waals surface area (Å²) < 4.78 is 16.0. The number of carbonyl (C=O) groups is 4. The lowest BCUT2D eigenvalue weighted by Crippen LogP contribution is -2.56. The van der Waals surface area contributed by atoms with Gasteiger partial charge in [0.2, 0.25) is 5.91 Å². The van der Waals surface area contributed by atoms with Gasteiger partial charge >= 0.3 is 12.1 Å². The lowest BCUT2D eigenvalue weighted by molar-refractivity contribution is -0.155. The SMILES string of the molecule is CCOCCc1cc(C(=O)N[C@@H](CCC(=O)OC(C)(C)C)C(=O)N2CCN(C(=O)OCC)CC2)nc(-c2ccccc2)n1. The fraction of sp³-hybridized carbons (Fsp3) is 0.548. The van der Waals surface area contributed by atoms with Gasteiger partial charge in [0.05, 0.1) is 13.2 Å². The highest BCUT2D eigenvalue weighted by Crippen LogP contribution is 2.17. The summed E-state index contributed by atoms with van der Waals surface area (Å²) in [5.41, 5.74) is 0.782. The van der Waals surface area contributed by atoms with Gasteiger partial charge in [-0.25, -0.2) is 14.8 Å². The molecule has 43 heavy (non-hydrogen) atoms. The summed E-state index contributed by atoms with van der Waals surface area (Å²) in [5.74, 6) is -1.01. The van der Waals surface area contributed by atoms with E-state index >= 15 is 0 Å². The third-order valence-electron chi connectivity index (χ3n) is 6.53. The molecule has 1 aromatic carbocycles. The van der Waals surface area contributed by atoms with Gasteiger partial charge in [-0.15, -0.1) is 0 Å². The Morgan fingerprint density at radius 1 is 0.953 bits per heavy atom. The molecule has 1 atom stereocenters. The summed E-state index contributed by atoms with van der Waals surface area (Å²) >= 11 is 0. The Labute approximate surface area is 253 Å². The Hall–Kier alpha value is -4.06. The predicted octanol–water partition coefficient (Wildman–Crippen LogP) is 3.24. The van der Waals surface area contributed by atoms with Crippen molar-refractivity contribution in [1.82, 2.24) is 25.1 Å². The molecule has 1 aliphatic rings. The van der Waals surface area contributed by atoms with Crippen LogP contribution in [0.4, 0.5) is 4.79 Å². The summed E-state index contributed by atoms with van der Waals surface area (Å²) in [6.45, 7) is 11.3. The van der Waals surface area contributed by atoms with E-state index in [1.165, 1.54) is 4.90 Å². The highest BCUT2D eigenvalue weighted by molar-refractivity contribution is 5.96. The van der Waals surface area contributed by atoms with Gasteiger partial charge in [0.1, 0.15) is 17.3 Å².